The number of aliphatic carboxylic acids is 1. The van der Waals surface area contributed by atoms with Gasteiger partial charge >= 0.3 is 5.97 Å². The number of likely N-dealkylation sites (tertiary alicyclic amines) is 1. The third kappa shape index (κ3) is 3.80. The summed E-state index contributed by atoms with van der Waals surface area (Å²) < 4.78 is 10.7. The number of carboxylic acid groups (broad SMARTS) is 1. The third-order valence-corrected chi connectivity index (χ3v) is 4.80. The number of para-hydroxylation sites is 2. The molecule has 2 atom stereocenters. The van der Waals surface area contributed by atoms with Crippen LogP contribution in [0.3, 0.4) is 0 Å². The number of ether oxygens (including phenoxy) is 2. The number of methoxy groups -OCH3 is 1. The van der Waals surface area contributed by atoms with Gasteiger partial charge in [-0.05, 0) is 18.6 Å². The molecule has 2 aliphatic rings. The maximum Gasteiger partial charge on any atom is 0.305 e. The molecule has 2 aliphatic heterocycles. The lowest BCUT2D eigenvalue weighted by Crippen LogP contribution is -2.43. The van der Waals surface area contributed by atoms with Gasteiger partial charge in [0.15, 0.2) is 6.61 Å². The lowest BCUT2D eigenvalue weighted by Gasteiger charge is -2.30. The predicted octanol–water partition coefficient (Wildman–Crippen LogP) is 0.893. The number of amides is 2. The summed E-state index contributed by atoms with van der Waals surface area (Å²) in [5, 5.41) is 9.06. The van der Waals surface area contributed by atoms with E-state index in [1.54, 1.807) is 29.0 Å². The fraction of sp³-hybridized carbons (Fsp3) is 0.500. The Morgan fingerprint density at radius 2 is 2.12 bits per heavy atom. The van der Waals surface area contributed by atoms with Crippen molar-refractivity contribution in [3.05, 3.63) is 24.3 Å². The summed E-state index contributed by atoms with van der Waals surface area (Å²) in [5.74, 6) is -0.701. The molecule has 0 saturated carbocycles. The quantitative estimate of drug-likeness (QED) is 0.807. The van der Waals surface area contributed by atoms with Crippen LogP contribution in [0.15, 0.2) is 24.3 Å². The Bertz CT molecular complexity index is 707. The molecule has 2 amide bonds. The van der Waals surface area contributed by atoms with Gasteiger partial charge in [-0.2, -0.15) is 0 Å². The minimum Gasteiger partial charge on any atom is -0.482 e. The second kappa shape index (κ2) is 7.74. The number of carbonyl (C=O) groups is 3. The predicted molar refractivity (Wildman–Crippen MR) is 92.1 cm³/mol. The summed E-state index contributed by atoms with van der Waals surface area (Å²) in [6.45, 7) is 0.551. The highest BCUT2D eigenvalue weighted by Gasteiger charge is 2.36. The van der Waals surface area contributed by atoms with Crippen molar-refractivity contribution in [1.82, 2.24) is 4.90 Å². The third-order valence-electron chi connectivity index (χ3n) is 4.80. The summed E-state index contributed by atoms with van der Waals surface area (Å²) in [5.41, 5.74) is 0.648. The van der Waals surface area contributed by atoms with E-state index in [9.17, 15) is 14.4 Å². The summed E-state index contributed by atoms with van der Waals surface area (Å²) in [6, 6.07) is 6.81. The second-order valence-electron chi connectivity index (χ2n) is 6.44. The van der Waals surface area contributed by atoms with Crippen molar-refractivity contribution in [2.75, 3.05) is 31.7 Å². The van der Waals surface area contributed by atoms with Gasteiger partial charge in [-0.25, -0.2) is 0 Å². The van der Waals surface area contributed by atoms with Crippen molar-refractivity contribution in [2.45, 2.75) is 31.4 Å². The molecule has 1 saturated heterocycles. The first-order valence-electron chi connectivity index (χ1n) is 8.56. The van der Waals surface area contributed by atoms with Gasteiger partial charge < -0.3 is 24.4 Å². The lowest BCUT2D eigenvalue weighted by atomic mass is 10.1. The Labute approximate surface area is 151 Å². The van der Waals surface area contributed by atoms with Gasteiger partial charge in [0.05, 0.1) is 18.2 Å². The number of fused-ring (bicyclic) bond motifs is 1. The van der Waals surface area contributed by atoms with E-state index in [4.69, 9.17) is 14.6 Å². The van der Waals surface area contributed by atoms with E-state index in [0.29, 0.717) is 24.4 Å². The van der Waals surface area contributed by atoms with E-state index in [1.807, 2.05) is 12.1 Å². The summed E-state index contributed by atoms with van der Waals surface area (Å²) >= 11 is 0. The molecule has 8 nitrogen and oxygen atoms in total. The summed E-state index contributed by atoms with van der Waals surface area (Å²) in [6.07, 6.45) is 0.361. The fourth-order valence-electron chi connectivity index (χ4n) is 3.50. The number of rotatable bonds is 6. The van der Waals surface area contributed by atoms with Crippen LogP contribution in [-0.2, 0) is 19.1 Å². The average molecular weight is 362 g/mol. The number of hydrogen-bond acceptors (Lipinski definition) is 5. The minimum atomic E-state index is -0.943. The van der Waals surface area contributed by atoms with Crippen LogP contribution in [-0.4, -0.2) is 66.7 Å². The Balaban J connectivity index is 1.66. The van der Waals surface area contributed by atoms with Gasteiger partial charge in [-0.15, -0.1) is 0 Å². The monoisotopic (exact) mass is 362 g/mol. The van der Waals surface area contributed by atoms with E-state index >= 15 is 0 Å². The first kappa shape index (κ1) is 18.2. The van der Waals surface area contributed by atoms with E-state index in [1.165, 1.54) is 0 Å². The zero-order valence-corrected chi connectivity index (χ0v) is 14.6. The van der Waals surface area contributed by atoms with Crippen LogP contribution in [0.4, 0.5) is 5.69 Å². The molecular formula is C18H22N2O6. The number of benzene rings is 1. The van der Waals surface area contributed by atoms with Gasteiger partial charge in [0, 0.05) is 32.7 Å². The van der Waals surface area contributed by atoms with E-state index in [0.717, 1.165) is 0 Å². The second-order valence-corrected chi connectivity index (χ2v) is 6.44. The van der Waals surface area contributed by atoms with Crippen LogP contribution in [0, 0.1) is 0 Å². The molecule has 1 N–H and O–H groups in total. The van der Waals surface area contributed by atoms with Gasteiger partial charge in [0.25, 0.3) is 5.91 Å². The van der Waals surface area contributed by atoms with Gasteiger partial charge in [0.1, 0.15) is 5.75 Å². The molecule has 3 rings (SSSR count). The molecule has 1 aromatic carbocycles. The van der Waals surface area contributed by atoms with Crippen LogP contribution < -0.4 is 9.64 Å². The van der Waals surface area contributed by atoms with Crippen LogP contribution >= 0.6 is 0 Å². The largest absolute Gasteiger partial charge is 0.482 e. The van der Waals surface area contributed by atoms with Crippen LogP contribution in [0.2, 0.25) is 0 Å². The molecule has 0 aromatic heterocycles. The van der Waals surface area contributed by atoms with Gasteiger partial charge in [0.2, 0.25) is 5.91 Å². The van der Waals surface area contributed by atoms with Gasteiger partial charge in [-0.1, -0.05) is 12.1 Å². The maximum absolute atomic E-state index is 12.7. The molecule has 0 spiro atoms. The van der Waals surface area contributed by atoms with Crippen molar-refractivity contribution in [2.24, 2.45) is 0 Å². The van der Waals surface area contributed by atoms with Crippen molar-refractivity contribution in [3.63, 3.8) is 0 Å². The standard InChI is InChI=1S/C18H22N2O6/c1-25-13-8-12(9-18(23)24)20(10-13)16(21)6-7-19-14-4-2-3-5-15(14)26-11-17(19)22/h2-5,12-13H,6-11H2,1H3,(H,23,24). The Kier molecular flexibility index (Phi) is 5.41. The number of hydrogen-bond donors (Lipinski definition) is 1. The van der Waals surface area contributed by atoms with E-state index in [-0.39, 0.29) is 50.0 Å². The molecule has 140 valence electrons. The maximum atomic E-state index is 12.7. The SMILES string of the molecule is COC1CC(CC(=O)O)N(C(=O)CCN2C(=O)COc3ccccc32)C1. The zero-order chi connectivity index (χ0) is 18.7. The van der Waals surface area contributed by atoms with E-state index < -0.39 is 5.97 Å². The molecular weight excluding hydrogens is 340 g/mol. The first-order valence-corrected chi connectivity index (χ1v) is 8.56. The Hall–Kier alpha value is -2.61. The molecule has 0 aliphatic carbocycles. The molecule has 0 radical (unpaired) electrons. The number of carbonyl (C=O) groups excluding carboxylic acids is 2. The Morgan fingerprint density at radius 3 is 2.85 bits per heavy atom. The highest BCUT2D eigenvalue weighted by molar-refractivity contribution is 5.98. The smallest absolute Gasteiger partial charge is 0.305 e. The first-order chi connectivity index (χ1) is 12.5. The molecule has 8 heteroatoms. The highest BCUT2D eigenvalue weighted by atomic mass is 16.5. The van der Waals surface area contributed by atoms with Gasteiger partial charge in [-0.3, -0.25) is 14.4 Å². The molecule has 2 heterocycles. The summed E-state index contributed by atoms with van der Waals surface area (Å²) in [7, 11) is 1.56. The van der Waals surface area contributed by atoms with Crippen molar-refractivity contribution >= 4 is 23.5 Å². The Morgan fingerprint density at radius 1 is 1.35 bits per heavy atom. The molecule has 26 heavy (non-hydrogen) atoms. The average Bonchev–Trinajstić information content (AvgIpc) is 3.03. The summed E-state index contributed by atoms with van der Waals surface area (Å²) in [4.78, 5) is 39.0. The minimum absolute atomic E-state index is 0.0533. The topological polar surface area (TPSA) is 96.4 Å². The fourth-order valence-corrected chi connectivity index (χ4v) is 3.50. The van der Waals surface area contributed by atoms with Crippen LogP contribution in [0.25, 0.3) is 0 Å². The number of nitrogens with zero attached hydrogens (tertiary/aromatic N) is 2. The normalized spacial score (nSPS) is 22.1. The van der Waals surface area contributed by atoms with Crippen molar-refractivity contribution in [1.29, 1.82) is 0 Å². The molecule has 1 fully saturated rings. The number of anilines is 1. The van der Waals surface area contributed by atoms with Crippen molar-refractivity contribution in [3.8, 4) is 5.75 Å². The van der Waals surface area contributed by atoms with Crippen molar-refractivity contribution < 1.29 is 29.0 Å². The van der Waals surface area contributed by atoms with Crippen LogP contribution in [0.5, 0.6) is 5.75 Å². The molecule has 1 aromatic rings. The zero-order valence-electron chi connectivity index (χ0n) is 14.6. The highest BCUT2D eigenvalue weighted by Crippen LogP contribution is 2.32. The number of carboxylic acids is 1. The molecule has 0 bridgehead atoms. The van der Waals surface area contributed by atoms with E-state index in [2.05, 4.69) is 0 Å². The van der Waals surface area contributed by atoms with Crippen LogP contribution in [0.1, 0.15) is 19.3 Å². The lowest BCUT2D eigenvalue weighted by molar-refractivity contribution is -0.139. The molecule has 2 unspecified atom stereocenters.